The number of anilines is 3. The van der Waals surface area contributed by atoms with E-state index < -0.39 is 0 Å². The van der Waals surface area contributed by atoms with Crippen molar-refractivity contribution >= 4 is 34.7 Å². The van der Waals surface area contributed by atoms with E-state index in [4.69, 9.17) is 0 Å². The highest BCUT2D eigenvalue weighted by atomic mass is 32.1. The van der Waals surface area contributed by atoms with E-state index in [1.165, 1.54) is 16.9 Å². The molecule has 0 atom stereocenters. The van der Waals surface area contributed by atoms with Crippen molar-refractivity contribution in [2.75, 3.05) is 4.90 Å². The highest BCUT2D eigenvalue weighted by molar-refractivity contribution is 7.17. The highest BCUT2D eigenvalue weighted by Gasteiger charge is 2.12. The summed E-state index contributed by atoms with van der Waals surface area (Å²) in [5, 5.41) is 0. The van der Waals surface area contributed by atoms with Crippen molar-refractivity contribution in [2.45, 2.75) is 19.8 Å². The molecule has 0 aliphatic rings. The Hall–Kier alpha value is -3.17. The van der Waals surface area contributed by atoms with E-state index in [-0.39, 0.29) is 0 Å². The minimum atomic E-state index is 0.752. The first-order chi connectivity index (χ1) is 14.3. The van der Waals surface area contributed by atoms with Crippen molar-refractivity contribution in [1.29, 1.82) is 0 Å². The second-order valence-electron chi connectivity index (χ2n) is 6.95. The van der Waals surface area contributed by atoms with E-state index in [9.17, 15) is 4.79 Å². The first kappa shape index (κ1) is 19.2. The fourth-order valence-electron chi connectivity index (χ4n) is 3.47. The number of carbonyl (C=O) groups excluding carboxylic acids is 1. The van der Waals surface area contributed by atoms with E-state index in [1.54, 1.807) is 0 Å². The van der Waals surface area contributed by atoms with Crippen molar-refractivity contribution < 1.29 is 4.79 Å². The van der Waals surface area contributed by atoms with Gasteiger partial charge in [0.05, 0.1) is 4.88 Å². The molecule has 2 nitrogen and oxygen atoms in total. The van der Waals surface area contributed by atoms with Crippen LogP contribution in [0.4, 0.5) is 17.1 Å². The zero-order valence-corrected chi connectivity index (χ0v) is 17.2. The lowest BCUT2D eigenvalue weighted by molar-refractivity contribution is 0.112. The first-order valence-corrected chi connectivity index (χ1v) is 10.7. The van der Waals surface area contributed by atoms with Gasteiger partial charge in [0, 0.05) is 21.9 Å². The van der Waals surface area contributed by atoms with Gasteiger partial charge in [-0.3, -0.25) is 4.79 Å². The summed E-state index contributed by atoms with van der Waals surface area (Å²) in [7, 11) is 0. The largest absolute Gasteiger partial charge is 0.311 e. The lowest BCUT2D eigenvalue weighted by Crippen LogP contribution is -2.09. The second kappa shape index (κ2) is 8.89. The van der Waals surface area contributed by atoms with Crippen LogP contribution >= 0.6 is 11.3 Å². The molecule has 3 aromatic carbocycles. The van der Waals surface area contributed by atoms with Crippen LogP contribution in [0.1, 0.15) is 28.6 Å². The Labute approximate surface area is 176 Å². The van der Waals surface area contributed by atoms with Gasteiger partial charge in [-0.2, -0.15) is 0 Å². The molecule has 4 rings (SSSR count). The van der Waals surface area contributed by atoms with Gasteiger partial charge in [-0.15, -0.1) is 11.3 Å². The van der Waals surface area contributed by atoms with Gasteiger partial charge < -0.3 is 4.90 Å². The maximum Gasteiger partial charge on any atom is 0.160 e. The molecule has 1 aromatic heterocycles. The summed E-state index contributed by atoms with van der Waals surface area (Å²) in [5.74, 6) is 0. The second-order valence-corrected chi connectivity index (χ2v) is 8.07. The molecule has 0 fully saturated rings. The number of nitrogens with zero attached hydrogens (tertiary/aromatic N) is 1. The van der Waals surface area contributed by atoms with E-state index >= 15 is 0 Å². The summed E-state index contributed by atoms with van der Waals surface area (Å²) in [6, 6.07) is 31.7. The Kier molecular flexibility index (Phi) is 5.87. The Balaban J connectivity index is 1.70. The average Bonchev–Trinajstić information content (AvgIpc) is 3.26. The van der Waals surface area contributed by atoms with Crippen molar-refractivity contribution in [3.8, 4) is 10.4 Å². The molecule has 0 N–H and O–H groups in total. The normalized spacial score (nSPS) is 10.7. The molecule has 0 unspecified atom stereocenters. The van der Waals surface area contributed by atoms with Crippen LogP contribution in [0.3, 0.4) is 0 Å². The van der Waals surface area contributed by atoms with Crippen LogP contribution in [0, 0.1) is 0 Å². The zero-order valence-electron chi connectivity index (χ0n) is 16.4. The van der Waals surface area contributed by atoms with Gasteiger partial charge in [0.1, 0.15) is 0 Å². The number of aldehydes is 1. The molecule has 0 radical (unpaired) electrons. The monoisotopic (exact) mass is 397 g/mol. The fourth-order valence-corrected chi connectivity index (χ4v) is 4.30. The van der Waals surface area contributed by atoms with Gasteiger partial charge in [-0.05, 0) is 66.1 Å². The topological polar surface area (TPSA) is 20.3 Å². The summed E-state index contributed by atoms with van der Waals surface area (Å²) < 4.78 is 0. The number of aryl methyl sites for hydroxylation is 1. The number of rotatable bonds is 7. The molecule has 0 spiro atoms. The van der Waals surface area contributed by atoms with Gasteiger partial charge in [0.2, 0.25) is 0 Å². The fraction of sp³-hybridized carbons (Fsp3) is 0.115. The smallest absolute Gasteiger partial charge is 0.160 e. The summed E-state index contributed by atoms with van der Waals surface area (Å²) in [6.45, 7) is 2.21. The first-order valence-electron chi connectivity index (χ1n) is 9.88. The molecule has 0 aliphatic carbocycles. The van der Waals surface area contributed by atoms with Gasteiger partial charge >= 0.3 is 0 Å². The van der Waals surface area contributed by atoms with Crippen molar-refractivity contribution in [1.82, 2.24) is 0 Å². The third-order valence-electron chi connectivity index (χ3n) is 4.90. The minimum Gasteiger partial charge on any atom is -0.311 e. The lowest BCUT2D eigenvalue weighted by atomic mass is 10.1. The summed E-state index contributed by atoms with van der Waals surface area (Å²) in [6.07, 6.45) is 3.16. The quantitative estimate of drug-likeness (QED) is 0.298. The molecular weight excluding hydrogens is 374 g/mol. The van der Waals surface area contributed by atoms with Gasteiger partial charge in [0.15, 0.2) is 6.29 Å². The lowest BCUT2D eigenvalue weighted by Gasteiger charge is -2.25. The number of thiophene rings is 1. The standard InChI is InChI=1S/C26H23NOS/c1-2-6-20-9-13-23(14-10-20)27(22-7-4-3-5-8-22)24-15-11-21(12-16-24)26-18-17-25(19-28)29-26/h3-5,7-19H,2,6H2,1H3. The molecule has 0 aliphatic heterocycles. The molecule has 3 heteroatoms. The SMILES string of the molecule is CCCc1ccc(N(c2ccccc2)c2ccc(-c3ccc(C=O)s3)cc2)cc1. The average molecular weight is 398 g/mol. The van der Waals surface area contributed by atoms with Gasteiger partial charge in [-0.25, -0.2) is 0 Å². The van der Waals surface area contributed by atoms with Crippen molar-refractivity contribution in [3.63, 3.8) is 0 Å². The maximum atomic E-state index is 11.0. The van der Waals surface area contributed by atoms with Crippen LogP contribution in [0.5, 0.6) is 0 Å². The Morgan fingerprint density at radius 2 is 1.38 bits per heavy atom. The molecular formula is C26H23NOS. The number of hydrogen-bond acceptors (Lipinski definition) is 3. The molecule has 29 heavy (non-hydrogen) atoms. The number of benzene rings is 3. The predicted molar refractivity (Wildman–Crippen MR) is 124 cm³/mol. The minimum absolute atomic E-state index is 0.752. The number of para-hydroxylation sites is 1. The van der Waals surface area contributed by atoms with E-state index in [2.05, 4.69) is 84.6 Å². The molecule has 144 valence electrons. The number of carbonyl (C=O) groups is 1. The summed E-state index contributed by atoms with van der Waals surface area (Å²) in [4.78, 5) is 15.1. The van der Waals surface area contributed by atoms with Crippen molar-refractivity contribution in [3.05, 3.63) is 101 Å². The Morgan fingerprint density at radius 1 is 0.759 bits per heavy atom. The van der Waals surface area contributed by atoms with Crippen LogP contribution in [0.15, 0.2) is 91.0 Å². The van der Waals surface area contributed by atoms with Crippen LogP contribution in [-0.4, -0.2) is 6.29 Å². The van der Waals surface area contributed by atoms with Gasteiger partial charge in [-0.1, -0.05) is 55.8 Å². The number of hydrogen-bond donors (Lipinski definition) is 0. The maximum absolute atomic E-state index is 11.0. The predicted octanol–water partition coefficient (Wildman–Crippen LogP) is 7.65. The van der Waals surface area contributed by atoms with Crippen LogP contribution < -0.4 is 4.90 Å². The van der Waals surface area contributed by atoms with Gasteiger partial charge in [0.25, 0.3) is 0 Å². The van der Waals surface area contributed by atoms with Crippen molar-refractivity contribution in [2.24, 2.45) is 0 Å². The molecule has 0 amide bonds. The highest BCUT2D eigenvalue weighted by Crippen LogP contribution is 2.36. The van der Waals surface area contributed by atoms with Crippen LogP contribution in [0.25, 0.3) is 10.4 Å². The van der Waals surface area contributed by atoms with Crippen LogP contribution in [-0.2, 0) is 6.42 Å². The molecule has 0 saturated heterocycles. The Morgan fingerprint density at radius 3 is 1.97 bits per heavy atom. The van der Waals surface area contributed by atoms with E-state index in [0.717, 1.165) is 51.5 Å². The molecule has 0 saturated carbocycles. The molecule has 0 bridgehead atoms. The molecule has 1 heterocycles. The van der Waals surface area contributed by atoms with Crippen LogP contribution in [0.2, 0.25) is 0 Å². The zero-order chi connectivity index (χ0) is 20.1. The molecule has 4 aromatic rings. The van der Waals surface area contributed by atoms with E-state index in [0.29, 0.717) is 0 Å². The summed E-state index contributed by atoms with van der Waals surface area (Å²) >= 11 is 1.52. The third kappa shape index (κ3) is 4.30. The van der Waals surface area contributed by atoms with E-state index in [1.807, 2.05) is 18.2 Å². The summed E-state index contributed by atoms with van der Waals surface area (Å²) in [5.41, 5.74) is 5.86. The Bertz CT molecular complexity index is 1070. The third-order valence-corrected chi connectivity index (χ3v) is 5.96.